The Kier molecular flexibility index (Phi) is 23.7. The van der Waals surface area contributed by atoms with Crippen molar-refractivity contribution in [3.8, 4) is 5.75 Å². The predicted octanol–water partition coefficient (Wildman–Crippen LogP) is -0.894. The number of carboxylic acids is 1. The lowest BCUT2D eigenvalue weighted by atomic mass is 10.0. The van der Waals surface area contributed by atoms with Crippen molar-refractivity contribution in [3.05, 3.63) is 29.8 Å². The normalized spacial score (nSPS) is 19.1. The fourth-order valence-corrected chi connectivity index (χ4v) is 6.80. The molecule has 2 rings (SSSR count). The Morgan fingerprint density at radius 1 is 0.679 bits per heavy atom. The highest BCUT2D eigenvalue weighted by molar-refractivity contribution is 5.77. The number of carboxylic acid groups (broad SMARTS) is 1. The molecule has 4 N–H and O–H groups in total. The Hall–Kier alpha value is -3.46. The lowest BCUT2D eigenvalue weighted by Crippen LogP contribution is -2.59. The maximum atomic E-state index is 13.0. The molecule has 18 nitrogen and oxygen atoms in total. The molecule has 0 aliphatic carbocycles. The summed E-state index contributed by atoms with van der Waals surface area (Å²) in [6, 6.07) is 2.80. The van der Waals surface area contributed by atoms with Gasteiger partial charge in [0.1, 0.15) is 36.5 Å². The summed E-state index contributed by atoms with van der Waals surface area (Å²) in [6.45, 7) is 5.26. The lowest BCUT2D eigenvalue weighted by molar-refractivity contribution is -0.153. The Labute approximate surface area is 330 Å². The van der Waals surface area contributed by atoms with Crippen molar-refractivity contribution in [3.63, 3.8) is 0 Å². The summed E-state index contributed by atoms with van der Waals surface area (Å²) in [6.07, 6.45) is 1.38. The molecule has 320 valence electrons. The molecule has 1 aromatic carbocycles. The van der Waals surface area contributed by atoms with Gasteiger partial charge in [0.2, 0.25) is 0 Å². The molecule has 0 spiro atoms. The second-order valence-corrected chi connectivity index (χ2v) is 13.4. The number of aliphatic hydroxyl groups excluding tert-OH is 3. The minimum Gasteiger partial charge on any atom is -0.491 e. The number of rotatable bonds is 23. The first-order valence-electron chi connectivity index (χ1n) is 19.1. The quantitative estimate of drug-likeness (QED) is 0.0600. The third-order valence-electron chi connectivity index (χ3n) is 9.94. The monoisotopic (exact) mass is 800 g/mol. The van der Waals surface area contributed by atoms with Gasteiger partial charge in [-0.15, -0.1) is 0 Å². The topological polar surface area (TPSA) is 218 Å². The van der Waals surface area contributed by atoms with Crippen LogP contribution in [0.5, 0.6) is 5.75 Å². The van der Waals surface area contributed by atoms with Crippen LogP contribution in [-0.2, 0) is 49.3 Å². The molecule has 0 aromatic heterocycles. The molecule has 1 aromatic rings. The van der Waals surface area contributed by atoms with Crippen LogP contribution >= 0.6 is 0 Å². The van der Waals surface area contributed by atoms with E-state index >= 15 is 0 Å². The molecule has 0 bridgehead atoms. The summed E-state index contributed by atoms with van der Waals surface area (Å²) in [5.41, 5.74) is 0.999. The van der Waals surface area contributed by atoms with Gasteiger partial charge in [-0.2, -0.15) is 0 Å². The van der Waals surface area contributed by atoms with E-state index in [2.05, 4.69) is 0 Å². The molecule has 0 radical (unpaired) electrons. The minimum absolute atomic E-state index is 0.102. The number of benzene rings is 1. The van der Waals surface area contributed by atoms with Crippen LogP contribution in [0.4, 0.5) is 0 Å². The van der Waals surface area contributed by atoms with Gasteiger partial charge in [-0.05, 0) is 50.8 Å². The molecule has 5 unspecified atom stereocenters. The zero-order chi connectivity index (χ0) is 41.5. The van der Waals surface area contributed by atoms with Crippen molar-refractivity contribution in [1.29, 1.82) is 0 Å². The van der Waals surface area contributed by atoms with Gasteiger partial charge < -0.3 is 48.8 Å². The zero-order valence-corrected chi connectivity index (χ0v) is 33.6. The molecular weight excluding hydrogens is 736 g/mol. The number of esters is 3. The van der Waals surface area contributed by atoms with E-state index in [-0.39, 0.29) is 52.2 Å². The maximum absolute atomic E-state index is 13.0. The van der Waals surface area contributed by atoms with E-state index < -0.39 is 73.9 Å². The Balaban J connectivity index is 2.35. The molecule has 1 aliphatic rings. The molecule has 0 saturated carbocycles. The van der Waals surface area contributed by atoms with Crippen molar-refractivity contribution in [2.75, 3.05) is 120 Å². The molecular formula is C38H64N4O14. The van der Waals surface area contributed by atoms with Crippen LogP contribution in [0.15, 0.2) is 24.3 Å². The summed E-state index contributed by atoms with van der Waals surface area (Å²) in [4.78, 5) is 58.2. The highest BCUT2D eigenvalue weighted by atomic mass is 16.5. The number of carbonyl (C=O) groups is 4. The first-order valence-corrected chi connectivity index (χ1v) is 19.1. The van der Waals surface area contributed by atoms with Gasteiger partial charge in [0, 0.05) is 58.5 Å². The smallest absolute Gasteiger partial charge is 0.325 e. The largest absolute Gasteiger partial charge is 0.491 e. The number of methoxy groups -OCH3 is 3. The number of carbonyl (C=O) groups excluding carboxylic acids is 3. The Morgan fingerprint density at radius 2 is 1.14 bits per heavy atom. The average molecular weight is 801 g/mol. The Bertz CT molecular complexity index is 1290. The molecule has 18 heteroatoms. The van der Waals surface area contributed by atoms with Gasteiger partial charge >= 0.3 is 23.9 Å². The van der Waals surface area contributed by atoms with Gasteiger partial charge in [-0.25, -0.2) is 0 Å². The van der Waals surface area contributed by atoms with Crippen LogP contribution in [0.2, 0.25) is 0 Å². The van der Waals surface area contributed by atoms with Crippen molar-refractivity contribution < 1.29 is 68.0 Å². The molecule has 1 aliphatic heterocycles. The van der Waals surface area contributed by atoms with E-state index in [0.29, 0.717) is 51.6 Å². The van der Waals surface area contributed by atoms with E-state index in [1.54, 1.807) is 19.6 Å². The number of aliphatic carboxylic acids is 1. The number of nitrogens with zero attached hydrogens (tertiary/aromatic N) is 4. The molecule has 1 saturated heterocycles. The van der Waals surface area contributed by atoms with Crippen molar-refractivity contribution in [2.24, 2.45) is 0 Å². The van der Waals surface area contributed by atoms with Gasteiger partial charge in [0.25, 0.3) is 0 Å². The SMILES string of the molecule is CCOCCOCCOc1ccc(CCCC(C(=O)O)N2CCN(C(CO)C(=O)OC)CCN(C(CO)C(=O)OC)CCN(C(CO)C(=O)OC)CC2C)cc1. The Morgan fingerprint density at radius 3 is 1.62 bits per heavy atom. The number of aliphatic hydroxyl groups is 3. The fraction of sp³-hybridized carbons (Fsp3) is 0.737. The second kappa shape index (κ2) is 27.2. The van der Waals surface area contributed by atoms with E-state index in [4.69, 9.17) is 28.4 Å². The fourth-order valence-electron chi connectivity index (χ4n) is 6.80. The van der Waals surface area contributed by atoms with Crippen LogP contribution in [0.3, 0.4) is 0 Å². The summed E-state index contributed by atoms with van der Waals surface area (Å²) >= 11 is 0. The number of hydrogen-bond acceptors (Lipinski definition) is 17. The van der Waals surface area contributed by atoms with E-state index in [9.17, 15) is 39.6 Å². The minimum atomic E-state index is -1.10. The lowest BCUT2D eigenvalue weighted by Gasteiger charge is -2.42. The predicted molar refractivity (Wildman–Crippen MR) is 203 cm³/mol. The number of hydrogen-bond donors (Lipinski definition) is 4. The highest BCUT2D eigenvalue weighted by Crippen LogP contribution is 2.20. The zero-order valence-electron chi connectivity index (χ0n) is 33.6. The summed E-state index contributed by atoms with van der Waals surface area (Å²) in [7, 11) is 3.61. The van der Waals surface area contributed by atoms with Gasteiger partial charge in [0.05, 0.1) is 61.0 Å². The molecule has 0 amide bonds. The standard InChI is InChI=1S/C38H64N4O14/c1-6-54-20-21-55-22-23-56-30-12-10-29(11-13-30)8-7-9-31(35(46)47)42-19-18-40(33(26-44)37(49)52-4)15-14-39(32(25-43)36(48)51-3)16-17-41(24-28(42)2)34(27-45)38(50)53-5/h10-13,28,31-34,43-45H,6-9,14-27H2,1-5H3,(H,46,47). The average Bonchev–Trinajstić information content (AvgIpc) is 3.20. The summed E-state index contributed by atoms with van der Waals surface area (Å²) in [5, 5.41) is 41.4. The van der Waals surface area contributed by atoms with Crippen LogP contribution in [-0.4, -0.2) is 214 Å². The first kappa shape index (κ1) is 48.7. The summed E-state index contributed by atoms with van der Waals surface area (Å²) < 4.78 is 31.4. The van der Waals surface area contributed by atoms with Crippen LogP contribution in [0.25, 0.3) is 0 Å². The second-order valence-electron chi connectivity index (χ2n) is 13.4. The third-order valence-corrected chi connectivity index (χ3v) is 9.94. The third kappa shape index (κ3) is 15.8. The van der Waals surface area contributed by atoms with Crippen molar-refractivity contribution in [1.82, 2.24) is 19.6 Å². The maximum Gasteiger partial charge on any atom is 0.325 e. The van der Waals surface area contributed by atoms with Gasteiger partial charge in [0.15, 0.2) is 0 Å². The van der Waals surface area contributed by atoms with Crippen LogP contribution < -0.4 is 4.74 Å². The van der Waals surface area contributed by atoms with E-state index in [1.807, 2.05) is 38.1 Å². The first-order chi connectivity index (χ1) is 27.0. The van der Waals surface area contributed by atoms with E-state index in [0.717, 1.165) is 5.56 Å². The van der Waals surface area contributed by atoms with Gasteiger partial charge in [-0.1, -0.05) is 12.1 Å². The van der Waals surface area contributed by atoms with Crippen molar-refractivity contribution >= 4 is 23.9 Å². The molecule has 5 atom stereocenters. The molecule has 1 heterocycles. The number of ether oxygens (including phenoxy) is 6. The van der Waals surface area contributed by atoms with Crippen LogP contribution in [0, 0.1) is 0 Å². The molecule has 56 heavy (non-hydrogen) atoms. The van der Waals surface area contributed by atoms with Gasteiger partial charge in [-0.3, -0.25) is 38.8 Å². The summed E-state index contributed by atoms with van der Waals surface area (Å²) in [5.74, 6) is -2.44. The van der Waals surface area contributed by atoms with Crippen molar-refractivity contribution in [2.45, 2.75) is 63.3 Å². The van der Waals surface area contributed by atoms with Crippen LogP contribution in [0.1, 0.15) is 32.3 Å². The highest BCUT2D eigenvalue weighted by Gasteiger charge is 2.37. The molecule has 1 fully saturated rings. The number of aryl methyl sites for hydroxylation is 1. The van der Waals surface area contributed by atoms with E-state index in [1.165, 1.54) is 21.3 Å².